The molecular formula is C23H33IN4O2. The maximum absolute atomic E-state index is 11.8. The van der Waals surface area contributed by atoms with Gasteiger partial charge >= 0.3 is 0 Å². The zero-order valence-corrected chi connectivity index (χ0v) is 20.0. The maximum atomic E-state index is 11.8. The Morgan fingerprint density at radius 1 is 1.13 bits per heavy atom. The van der Waals surface area contributed by atoms with Crippen LogP contribution in [0.25, 0.3) is 0 Å². The van der Waals surface area contributed by atoms with E-state index in [2.05, 4.69) is 46.8 Å². The maximum Gasteiger partial charge on any atom is 0.250 e. The predicted molar refractivity (Wildman–Crippen MR) is 133 cm³/mol. The molecule has 1 aliphatic carbocycles. The number of aliphatic imine (C=N–C) groups is 1. The molecule has 0 bridgehead atoms. The molecule has 2 N–H and O–H groups in total. The predicted octanol–water partition coefficient (Wildman–Crippen LogP) is 3.39. The van der Waals surface area contributed by atoms with Crippen LogP contribution in [0.15, 0.2) is 58.4 Å². The molecule has 0 saturated heterocycles. The highest BCUT2D eigenvalue weighted by Gasteiger charge is 2.20. The second-order valence-corrected chi connectivity index (χ2v) is 7.48. The Bertz CT molecular complexity index is 832. The summed E-state index contributed by atoms with van der Waals surface area (Å²) >= 11 is 0. The van der Waals surface area contributed by atoms with Gasteiger partial charge in [0.2, 0.25) is 0 Å². The van der Waals surface area contributed by atoms with Gasteiger partial charge in [0.05, 0.1) is 13.1 Å². The summed E-state index contributed by atoms with van der Waals surface area (Å²) in [5.74, 6) is 1.65. The van der Waals surface area contributed by atoms with Crippen LogP contribution in [0.4, 0.5) is 0 Å². The zero-order chi connectivity index (χ0) is 20.3. The van der Waals surface area contributed by atoms with Gasteiger partial charge in [-0.1, -0.05) is 30.3 Å². The van der Waals surface area contributed by atoms with Crippen LogP contribution in [0.5, 0.6) is 0 Å². The van der Waals surface area contributed by atoms with Gasteiger partial charge in [0.1, 0.15) is 0 Å². The van der Waals surface area contributed by atoms with Crippen molar-refractivity contribution in [1.29, 1.82) is 0 Å². The number of pyridine rings is 1. The zero-order valence-electron chi connectivity index (χ0n) is 17.7. The van der Waals surface area contributed by atoms with Crippen molar-refractivity contribution >= 4 is 29.9 Å². The number of hydrogen-bond donors (Lipinski definition) is 2. The van der Waals surface area contributed by atoms with Gasteiger partial charge in [0.25, 0.3) is 5.56 Å². The number of nitrogens with one attached hydrogen (secondary N) is 2. The van der Waals surface area contributed by atoms with Gasteiger partial charge in [0.15, 0.2) is 5.96 Å². The number of ether oxygens (including phenoxy) is 1. The number of halogens is 1. The molecule has 0 unspecified atom stereocenters. The summed E-state index contributed by atoms with van der Waals surface area (Å²) in [6.07, 6.45) is 5.46. The molecule has 0 atom stereocenters. The lowest BCUT2D eigenvalue weighted by molar-refractivity contribution is 0.123. The quantitative estimate of drug-likeness (QED) is 0.205. The third kappa shape index (κ3) is 8.87. The van der Waals surface area contributed by atoms with Crippen molar-refractivity contribution < 1.29 is 4.74 Å². The van der Waals surface area contributed by atoms with E-state index in [1.54, 1.807) is 16.7 Å². The van der Waals surface area contributed by atoms with Crippen LogP contribution in [0, 0.1) is 5.92 Å². The molecule has 0 amide bonds. The molecule has 164 valence electrons. The van der Waals surface area contributed by atoms with Gasteiger partial charge in [-0.15, -0.1) is 24.0 Å². The SMILES string of the molecule is CCNC(=NCc1ccc(Cn2ccccc2=O)cc1)NCCCOCC1CC1.I. The summed E-state index contributed by atoms with van der Waals surface area (Å²) in [5, 5.41) is 6.65. The highest BCUT2D eigenvalue weighted by atomic mass is 127. The first-order chi connectivity index (χ1) is 14.2. The van der Waals surface area contributed by atoms with Gasteiger partial charge < -0.3 is 19.9 Å². The molecule has 2 aromatic rings. The van der Waals surface area contributed by atoms with E-state index in [1.807, 2.05) is 12.3 Å². The lowest BCUT2D eigenvalue weighted by atomic mass is 10.1. The van der Waals surface area contributed by atoms with E-state index in [0.717, 1.165) is 55.7 Å². The Kier molecular flexibility index (Phi) is 10.9. The summed E-state index contributed by atoms with van der Waals surface area (Å²) in [4.78, 5) is 16.5. The molecule has 0 radical (unpaired) electrons. The molecule has 1 fully saturated rings. The minimum Gasteiger partial charge on any atom is -0.381 e. The fourth-order valence-corrected chi connectivity index (χ4v) is 2.97. The minimum absolute atomic E-state index is 0. The van der Waals surface area contributed by atoms with E-state index < -0.39 is 0 Å². The molecule has 1 heterocycles. The van der Waals surface area contributed by atoms with Gasteiger partial charge in [-0.3, -0.25) is 4.79 Å². The second kappa shape index (κ2) is 13.4. The first kappa shape index (κ1) is 24.4. The van der Waals surface area contributed by atoms with Crippen LogP contribution in [0.2, 0.25) is 0 Å². The third-order valence-electron chi connectivity index (χ3n) is 4.85. The van der Waals surface area contributed by atoms with Gasteiger partial charge in [0, 0.05) is 38.6 Å². The van der Waals surface area contributed by atoms with Crippen LogP contribution >= 0.6 is 24.0 Å². The number of hydrogen-bond acceptors (Lipinski definition) is 3. The molecule has 7 heteroatoms. The highest BCUT2D eigenvalue weighted by Crippen LogP contribution is 2.28. The highest BCUT2D eigenvalue weighted by molar-refractivity contribution is 14.0. The molecule has 1 aromatic heterocycles. The number of aromatic nitrogens is 1. The smallest absolute Gasteiger partial charge is 0.250 e. The molecule has 0 spiro atoms. The molecular weight excluding hydrogens is 491 g/mol. The summed E-state index contributed by atoms with van der Waals surface area (Å²) in [7, 11) is 0. The van der Waals surface area contributed by atoms with Gasteiger partial charge in [-0.25, -0.2) is 4.99 Å². The molecule has 1 aromatic carbocycles. The molecule has 1 aliphatic rings. The van der Waals surface area contributed by atoms with E-state index in [4.69, 9.17) is 4.74 Å². The molecule has 0 aliphatic heterocycles. The molecule has 30 heavy (non-hydrogen) atoms. The lowest BCUT2D eigenvalue weighted by Gasteiger charge is -2.11. The van der Waals surface area contributed by atoms with Crippen LogP contribution in [0.3, 0.4) is 0 Å². The fraction of sp³-hybridized carbons (Fsp3) is 0.478. The van der Waals surface area contributed by atoms with Crippen molar-refractivity contribution in [2.45, 2.75) is 39.3 Å². The Balaban J connectivity index is 0.00000320. The second-order valence-electron chi connectivity index (χ2n) is 7.48. The normalized spacial score (nSPS) is 13.6. The molecule has 6 nitrogen and oxygen atoms in total. The Morgan fingerprint density at radius 2 is 1.90 bits per heavy atom. The van der Waals surface area contributed by atoms with Crippen molar-refractivity contribution in [3.05, 3.63) is 70.1 Å². The van der Waals surface area contributed by atoms with Crippen molar-refractivity contribution in [2.75, 3.05) is 26.3 Å². The summed E-state index contributed by atoms with van der Waals surface area (Å²) < 4.78 is 7.37. The third-order valence-corrected chi connectivity index (χ3v) is 4.85. The van der Waals surface area contributed by atoms with E-state index in [1.165, 1.54) is 12.8 Å². The van der Waals surface area contributed by atoms with Crippen LogP contribution in [0.1, 0.15) is 37.3 Å². The van der Waals surface area contributed by atoms with E-state index >= 15 is 0 Å². The lowest BCUT2D eigenvalue weighted by Crippen LogP contribution is -2.38. The van der Waals surface area contributed by atoms with Gasteiger partial charge in [-0.05, 0) is 49.3 Å². The number of benzene rings is 1. The summed E-state index contributed by atoms with van der Waals surface area (Å²) in [6.45, 7) is 6.65. The van der Waals surface area contributed by atoms with Crippen molar-refractivity contribution in [3.63, 3.8) is 0 Å². The Hall–Kier alpha value is -1.87. The Labute approximate surface area is 196 Å². The number of guanidine groups is 1. The number of nitrogens with zero attached hydrogens (tertiary/aromatic N) is 2. The summed E-state index contributed by atoms with van der Waals surface area (Å²) in [6, 6.07) is 13.5. The van der Waals surface area contributed by atoms with Crippen molar-refractivity contribution in [2.24, 2.45) is 10.9 Å². The van der Waals surface area contributed by atoms with Crippen molar-refractivity contribution in [1.82, 2.24) is 15.2 Å². The molecule has 1 saturated carbocycles. The van der Waals surface area contributed by atoms with E-state index in [0.29, 0.717) is 13.1 Å². The molecule has 3 rings (SSSR count). The number of rotatable bonds is 11. The van der Waals surface area contributed by atoms with Crippen LogP contribution < -0.4 is 16.2 Å². The van der Waals surface area contributed by atoms with Crippen molar-refractivity contribution in [3.8, 4) is 0 Å². The minimum atomic E-state index is 0. The fourth-order valence-electron chi connectivity index (χ4n) is 2.97. The first-order valence-corrected chi connectivity index (χ1v) is 10.6. The topological polar surface area (TPSA) is 67.7 Å². The largest absolute Gasteiger partial charge is 0.381 e. The first-order valence-electron chi connectivity index (χ1n) is 10.6. The Morgan fingerprint density at radius 3 is 2.60 bits per heavy atom. The van der Waals surface area contributed by atoms with Crippen LogP contribution in [-0.2, 0) is 17.8 Å². The van der Waals surface area contributed by atoms with Gasteiger partial charge in [-0.2, -0.15) is 0 Å². The average molecular weight is 524 g/mol. The standard InChI is InChI=1S/C23H32N4O2.HI/c1-2-24-23(25-13-5-15-29-18-21-11-12-21)26-16-19-7-9-20(10-8-19)17-27-14-4-3-6-22(27)28;/h3-4,6-10,14,21H,2,5,11-13,15-18H2,1H3,(H2,24,25,26);1H. The van der Waals surface area contributed by atoms with Crippen LogP contribution in [-0.4, -0.2) is 36.8 Å². The van der Waals surface area contributed by atoms with E-state index in [-0.39, 0.29) is 29.5 Å². The summed E-state index contributed by atoms with van der Waals surface area (Å²) in [5.41, 5.74) is 2.25. The average Bonchev–Trinajstić information content (AvgIpc) is 3.56. The van der Waals surface area contributed by atoms with E-state index in [9.17, 15) is 4.79 Å². The monoisotopic (exact) mass is 524 g/mol.